The summed E-state index contributed by atoms with van der Waals surface area (Å²) in [7, 11) is -2.48. The summed E-state index contributed by atoms with van der Waals surface area (Å²) in [6, 6.07) is 3.48. The van der Waals surface area contributed by atoms with E-state index in [0.717, 1.165) is 11.3 Å². The Morgan fingerprint density at radius 1 is 1.32 bits per heavy atom. The van der Waals surface area contributed by atoms with E-state index in [0.29, 0.717) is 29.6 Å². The molecule has 25 heavy (non-hydrogen) atoms. The van der Waals surface area contributed by atoms with Crippen molar-refractivity contribution in [2.24, 2.45) is 7.05 Å². The first-order valence-corrected chi connectivity index (χ1v) is 9.94. The zero-order valence-electron chi connectivity index (χ0n) is 13.7. The number of thiazole rings is 1. The van der Waals surface area contributed by atoms with Crippen LogP contribution in [0.3, 0.4) is 0 Å². The van der Waals surface area contributed by atoms with E-state index in [-0.39, 0.29) is 15.7 Å². The van der Waals surface area contributed by atoms with Crippen LogP contribution in [0.25, 0.3) is 10.2 Å². The van der Waals surface area contributed by atoms with Gasteiger partial charge in [0.05, 0.1) is 15.1 Å². The highest BCUT2D eigenvalue weighted by Gasteiger charge is 2.34. The number of likely N-dealkylation sites (tertiary alicyclic amines) is 1. The number of carbonyl (C=O) groups is 2. The number of hydrogen-bond acceptors (Lipinski definition) is 6. The van der Waals surface area contributed by atoms with E-state index < -0.39 is 22.0 Å². The van der Waals surface area contributed by atoms with Gasteiger partial charge in [-0.3, -0.25) is 14.4 Å². The zero-order valence-corrected chi connectivity index (χ0v) is 15.3. The lowest BCUT2D eigenvalue weighted by Gasteiger charge is -2.22. The van der Waals surface area contributed by atoms with Gasteiger partial charge in [0.15, 0.2) is 0 Å². The van der Waals surface area contributed by atoms with Gasteiger partial charge in [-0.1, -0.05) is 11.3 Å². The second-order valence-electron chi connectivity index (χ2n) is 5.90. The number of fused-ring (bicyclic) bond motifs is 1. The first kappa shape index (κ1) is 17.6. The van der Waals surface area contributed by atoms with Crippen molar-refractivity contribution in [3.63, 3.8) is 0 Å². The molecule has 0 saturated carbocycles. The summed E-state index contributed by atoms with van der Waals surface area (Å²) in [4.78, 5) is 36.6. The van der Waals surface area contributed by atoms with Crippen molar-refractivity contribution in [2.45, 2.75) is 30.7 Å². The van der Waals surface area contributed by atoms with Crippen LogP contribution in [-0.2, 0) is 26.7 Å². The molecule has 2 heterocycles. The maximum atomic E-state index is 12.5. The van der Waals surface area contributed by atoms with E-state index in [1.807, 2.05) is 4.72 Å². The third kappa shape index (κ3) is 3.19. The molecule has 3 rings (SSSR count). The number of sulfonamides is 1. The Bertz CT molecular complexity index is 1020. The molecule has 0 spiro atoms. The molecule has 1 saturated heterocycles. The van der Waals surface area contributed by atoms with E-state index in [2.05, 4.69) is 0 Å². The molecule has 1 aliphatic heterocycles. The van der Waals surface area contributed by atoms with Crippen LogP contribution in [0.2, 0.25) is 0 Å². The van der Waals surface area contributed by atoms with E-state index in [1.54, 1.807) is 7.05 Å². The fraction of sp³-hybridized carbons (Fsp3) is 0.400. The number of aryl methyl sites for hydroxylation is 1. The summed E-state index contributed by atoms with van der Waals surface area (Å²) in [6.07, 6.45) is 1.09. The van der Waals surface area contributed by atoms with Crippen molar-refractivity contribution < 1.29 is 18.0 Å². The first-order valence-electron chi connectivity index (χ1n) is 7.64. The molecular weight excluding hydrogens is 366 g/mol. The van der Waals surface area contributed by atoms with Gasteiger partial charge in [0.2, 0.25) is 5.91 Å². The minimum absolute atomic E-state index is 0.0948. The van der Waals surface area contributed by atoms with Crippen LogP contribution in [0.15, 0.2) is 27.9 Å². The van der Waals surface area contributed by atoms with Gasteiger partial charge < -0.3 is 9.47 Å². The van der Waals surface area contributed by atoms with Crippen molar-refractivity contribution in [2.75, 3.05) is 6.54 Å². The molecule has 134 valence electrons. The Morgan fingerprint density at radius 3 is 2.72 bits per heavy atom. The van der Waals surface area contributed by atoms with Crippen LogP contribution in [0, 0.1) is 0 Å². The van der Waals surface area contributed by atoms with E-state index in [1.165, 1.54) is 34.6 Å². The van der Waals surface area contributed by atoms with Gasteiger partial charge in [0, 0.05) is 20.5 Å². The van der Waals surface area contributed by atoms with Crippen LogP contribution in [-0.4, -0.2) is 42.3 Å². The number of aromatic nitrogens is 1. The molecule has 0 bridgehead atoms. The summed E-state index contributed by atoms with van der Waals surface area (Å²) in [5, 5.41) is 0. The molecular formula is C15H17N3O5S2. The van der Waals surface area contributed by atoms with E-state index in [4.69, 9.17) is 0 Å². The Balaban J connectivity index is 1.88. The van der Waals surface area contributed by atoms with Gasteiger partial charge >= 0.3 is 4.87 Å². The number of nitrogens with one attached hydrogen (secondary N) is 1. The Hall–Kier alpha value is -2.20. The lowest BCUT2D eigenvalue weighted by atomic mass is 10.2. The summed E-state index contributed by atoms with van der Waals surface area (Å²) >= 11 is 0.935. The van der Waals surface area contributed by atoms with Crippen molar-refractivity contribution in [1.82, 2.24) is 14.2 Å². The van der Waals surface area contributed by atoms with Crippen molar-refractivity contribution in [3.05, 3.63) is 27.9 Å². The van der Waals surface area contributed by atoms with Crippen LogP contribution < -0.4 is 9.60 Å². The number of amides is 2. The number of rotatable bonds is 3. The minimum atomic E-state index is -4.08. The van der Waals surface area contributed by atoms with Crippen LogP contribution in [0.5, 0.6) is 0 Å². The van der Waals surface area contributed by atoms with Crippen molar-refractivity contribution in [3.8, 4) is 0 Å². The maximum absolute atomic E-state index is 12.5. The van der Waals surface area contributed by atoms with Crippen LogP contribution >= 0.6 is 11.3 Å². The predicted octanol–water partition coefficient (Wildman–Crippen LogP) is 0.416. The van der Waals surface area contributed by atoms with Gasteiger partial charge in [0.1, 0.15) is 6.04 Å². The number of carbonyl (C=O) groups excluding carboxylic acids is 2. The SMILES string of the molecule is CC(=O)N1CCCC1C(=O)NS(=O)(=O)c1ccc2c(c1)sc(=O)n2C. The van der Waals surface area contributed by atoms with Gasteiger partial charge in [-0.05, 0) is 31.0 Å². The van der Waals surface area contributed by atoms with Crippen LogP contribution in [0.1, 0.15) is 19.8 Å². The number of nitrogens with zero attached hydrogens (tertiary/aromatic N) is 2. The molecule has 1 aliphatic rings. The molecule has 1 fully saturated rings. The fourth-order valence-electron chi connectivity index (χ4n) is 2.96. The Morgan fingerprint density at radius 2 is 2.04 bits per heavy atom. The highest BCUT2D eigenvalue weighted by Crippen LogP contribution is 2.22. The Kier molecular flexibility index (Phi) is 4.41. The molecule has 2 aromatic rings. The number of benzene rings is 1. The second kappa shape index (κ2) is 6.26. The highest BCUT2D eigenvalue weighted by molar-refractivity contribution is 7.90. The lowest BCUT2D eigenvalue weighted by molar-refractivity contribution is -0.136. The van der Waals surface area contributed by atoms with E-state index in [9.17, 15) is 22.8 Å². The van der Waals surface area contributed by atoms with Gasteiger partial charge in [-0.2, -0.15) is 0 Å². The van der Waals surface area contributed by atoms with E-state index >= 15 is 0 Å². The third-order valence-electron chi connectivity index (χ3n) is 4.27. The molecule has 0 radical (unpaired) electrons. The molecule has 1 atom stereocenters. The second-order valence-corrected chi connectivity index (χ2v) is 8.57. The first-order chi connectivity index (χ1) is 11.7. The van der Waals surface area contributed by atoms with Gasteiger partial charge in [0.25, 0.3) is 15.9 Å². The summed E-state index contributed by atoms with van der Waals surface area (Å²) in [5.41, 5.74) is 0.624. The third-order valence-corrected chi connectivity index (χ3v) is 6.61. The smallest absolute Gasteiger partial charge is 0.307 e. The number of hydrogen-bond donors (Lipinski definition) is 1. The standard InChI is InChI=1S/C15H17N3O5S2/c1-9(19)18-7-3-4-12(18)14(20)16-25(22,23)10-5-6-11-13(8-10)24-15(21)17(11)2/h5-6,8,12H,3-4,7H2,1-2H3,(H,16,20). The molecule has 1 aromatic heterocycles. The summed E-state index contributed by atoms with van der Waals surface area (Å²) < 4.78 is 29.0. The Labute approximate surface area is 148 Å². The minimum Gasteiger partial charge on any atom is -0.331 e. The highest BCUT2D eigenvalue weighted by atomic mass is 32.2. The normalized spacial score (nSPS) is 17.8. The molecule has 1 unspecified atom stereocenters. The fourth-order valence-corrected chi connectivity index (χ4v) is 4.99. The molecule has 2 amide bonds. The predicted molar refractivity (Wildman–Crippen MR) is 92.8 cm³/mol. The summed E-state index contributed by atoms with van der Waals surface area (Å²) in [6.45, 7) is 1.79. The average Bonchev–Trinajstić information content (AvgIpc) is 3.12. The van der Waals surface area contributed by atoms with Crippen molar-refractivity contribution >= 4 is 43.4 Å². The van der Waals surface area contributed by atoms with Crippen molar-refractivity contribution in [1.29, 1.82) is 0 Å². The molecule has 8 nitrogen and oxygen atoms in total. The van der Waals surface area contributed by atoms with Crippen LogP contribution in [0.4, 0.5) is 0 Å². The topological polar surface area (TPSA) is 106 Å². The molecule has 10 heteroatoms. The summed E-state index contributed by atoms with van der Waals surface area (Å²) in [5.74, 6) is -0.973. The average molecular weight is 383 g/mol. The molecule has 0 aliphatic carbocycles. The zero-order chi connectivity index (χ0) is 18.4. The quantitative estimate of drug-likeness (QED) is 0.827. The molecule has 1 N–H and O–H groups in total. The largest absolute Gasteiger partial charge is 0.331 e. The maximum Gasteiger partial charge on any atom is 0.307 e. The monoisotopic (exact) mass is 383 g/mol. The lowest BCUT2D eigenvalue weighted by Crippen LogP contribution is -2.46. The van der Waals surface area contributed by atoms with Gasteiger partial charge in [-0.15, -0.1) is 0 Å². The van der Waals surface area contributed by atoms with Gasteiger partial charge in [-0.25, -0.2) is 13.1 Å². The molecule has 1 aromatic carbocycles.